The van der Waals surface area contributed by atoms with Crippen molar-refractivity contribution in [3.05, 3.63) is 24.3 Å². The zero-order chi connectivity index (χ0) is 38.7. The zero-order valence-electron chi connectivity index (χ0n) is 35.7. The first kappa shape index (κ1) is 51.8. The van der Waals surface area contributed by atoms with Crippen molar-refractivity contribution in [1.29, 1.82) is 0 Å². The second-order valence-electron chi connectivity index (χ2n) is 16.3. The van der Waals surface area contributed by atoms with E-state index in [1.807, 2.05) is 0 Å². The third-order valence-electron chi connectivity index (χ3n) is 11.1. The van der Waals surface area contributed by atoms with Crippen LogP contribution in [0.3, 0.4) is 0 Å². The van der Waals surface area contributed by atoms with Gasteiger partial charge in [0.05, 0.1) is 18.8 Å². The molecule has 0 spiro atoms. The van der Waals surface area contributed by atoms with E-state index >= 15 is 0 Å². The average Bonchev–Trinajstić information content (AvgIpc) is 3.16. The fraction of sp³-hybridized carbons (Fsp3) is 0.896. The van der Waals surface area contributed by atoms with Gasteiger partial charge < -0.3 is 20.6 Å². The second-order valence-corrected chi connectivity index (χ2v) is 16.3. The standard InChI is InChI=1S/C48H93NO4/c1-3-5-7-9-11-13-15-16-17-18-19-20-21-22-23-24-25-26-27-28-29-30-31-32-33-35-37-39-41-43-47(52)49-45(44-50)48(53)46(51)42-40-38-36-34-14-12-10-8-6-4-2/h19-20,22-23,45-46,48,50-51,53H,3-18,21,24-44H2,1-2H3,(H,49,52)/b20-19-,23-22-. The van der Waals surface area contributed by atoms with Crippen LogP contribution < -0.4 is 5.32 Å². The Morgan fingerprint density at radius 2 is 0.811 bits per heavy atom. The number of amides is 1. The van der Waals surface area contributed by atoms with E-state index in [9.17, 15) is 20.1 Å². The number of rotatable bonds is 43. The van der Waals surface area contributed by atoms with Gasteiger partial charge in [-0.25, -0.2) is 0 Å². The highest BCUT2D eigenvalue weighted by molar-refractivity contribution is 5.76. The Bertz CT molecular complexity index is 784. The lowest BCUT2D eigenvalue weighted by atomic mass is 9.99. The van der Waals surface area contributed by atoms with Crippen LogP contribution in [0.1, 0.15) is 251 Å². The predicted octanol–water partition coefficient (Wildman–Crippen LogP) is 13.8. The number of carbonyl (C=O) groups excluding carboxylic acids is 1. The Kier molecular flexibility index (Phi) is 42.6. The van der Waals surface area contributed by atoms with Crippen molar-refractivity contribution in [3.63, 3.8) is 0 Å². The Hall–Kier alpha value is -1.17. The molecule has 0 rings (SSSR count). The highest BCUT2D eigenvalue weighted by Gasteiger charge is 2.26. The lowest BCUT2D eigenvalue weighted by Crippen LogP contribution is -2.50. The maximum atomic E-state index is 12.4. The van der Waals surface area contributed by atoms with Gasteiger partial charge >= 0.3 is 0 Å². The van der Waals surface area contributed by atoms with Crippen LogP contribution in [0.25, 0.3) is 0 Å². The first-order valence-corrected chi connectivity index (χ1v) is 23.6. The van der Waals surface area contributed by atoms with E-state index < -0.39 is 18.2 Å². The molecule has 0 aromatic heterocycles. The van der Waals surface area contributed by atoms with Gasteiger partial charge in [0.25, 0.3) is 0 Å². The molecule has 53 heavy (non-hydrogen) atoms. The number of nitrogens with one attached hydrogen (secondary N) is 1. The van der Waals surface area contributed by atoms with Crippen LogP contribution in [-0.2, 0) is 4.79 Å². The number of hydrogen-bond acceptors (Lipinski definition) is 4. The number of hydrogen-bond donors (Lipinski definition) is 4. The Labute approximate surface area is 331 Å². The van der Waals surface area contributed by atoms with Crippen LogP contribution in [0.4, 0.5) is 0 Å². The largest absolute Gasteiger partial charge is 0.394 e. The van der Waals surface area contributed by atoms with Gasteiger partial charge in [-0.3, -0.25) is 4.79 Å². The first-order chi connectivity index (χ1) is 26.1. The van der Waals surface area contributed by atoms with Crippen molar-refractivity contribution >= 4 is 5.91 Å². The molecule has 4 N–H and O–H groups in total. The zero-order valence-corrected chi connectivity index (χ0v) is 35.7. The monoisotopic (exact) mass is 748 g/mol. The van der Waals surface area contributed by atoms with Gasteiger partial charge in [-0.1, -0.05) is 224 Å². The van der Waals surface area contributed by atoms with Crippen LogP contribution in [0.15, 0.2) is 24.3 Å². The van der Waals surface area contributed by atoms with Gasteiger partial charge in [-0.05, 0) is 44.9 Å². The molecule has 5 heteroatoms. The van der Waals surface area contributed by atoms with Gasteiger partial charge in [0, 0.05) is 6.42 Å². The van der Waals surface area contributed by atoms with E-state index in [0.29, 0.717) is 12.8 Å². The van der Waals surface area contributed by atoms with Gasteiger partial charge in [-0.15, -0.1) is 0 Å². The number of aliphatic hydroxyl groups is 3. The van der Waals surface area contributed by atoms with Gasteiger partial charge in [0.1, 0.15) is 6.10 Å². The Balaban J connectivity index is 3.52. The van der Waals surface area contributed by atoms with E-state index in [-0.39, 0.29) is 12.5 Å². The Morgan fingerprint density at radius 3 is 1.19 bits per heavy atom. The number of aliphatic hydroxyl groups excluding tert-OH is 3. The third-order valence-corrected chi connectivity index (χ3v) is 11.1. The van der Waals surface area contributed by atoms with E-state index in [1.54, 1.807) is 0 Å². The molecule has 5 nitrogen and oxygen atoms in total. The molecule has 3 atom stereocenters. The third kappa shape index (κ3) is 38.9. The predicted molar refractivity (Wildman–Crippen MR) is 231 cm³/mol. The van der Waals surface area contributed by atoms with E-state index in [0.717, 1.165) is 44.9 Å². The molecular weight excluding hydrogens is 655 g/mol. The fourth-order valence-electron chi connectivity index (χ4n) is 7.37. The first-order valence-electron chi connectivity index (χ1n) is 23.6. The normalized spacial score (nSPS) is 13.7. The summed E-state index contributed by atoms with van der Waals surface area (Å²) >= 11 is 0. The van der Waals surface area contributed by atoms with Gasteiger partial charge in [0.15, 0.2) is 0 Å². The Morgan fingerprint density at radius 1 is 0.472 bits per heavy atom. The summed E-state index contributed by atoms with van der Waals surface area (Å²) in [4.78, 5) is 12.4. The van der Waals surface area contributed by atoms with Crippen LogP contribution >= 0.6 is 0 Å². The molecule has 0 radical (unpaired) electrons. The molecule has 314 valence electrons. The summed E-state index contributed by atoms with van der Waals surface area (Å²) in [6, 6.07) is -0.806. The lowest BCUT2D eigenvalue weighted by Gasteiger charge is -2.26. The lowest BCUT2D eigenvalue weighted by molar-refractivity contribution is -0.124. The molecular formula is C48H93NO4. The molecule has 0 heterocycles. The van der Waals surface area contributed by atoms with Crippen molar-refractivity contribution in [2.45, 2.75) is 270 Å². The molecule has 0 aliphatic rings. The average molecular weight is 748 g/mol. The summed E-state index contributed by atoms with van der Waals surface area (Å²) in [6.45, 7) is 4.17. The number of carbonyl (C=O) groups is 1. The molecule has 1 amide bonds. The van der Waals surface area contributed by atoms with Gasteiger partial charge in [-0.2, -0.15) is 0 Å². The second kappa shape index (κ2) is 43.6. The maximum Gasteiger partial charge on any atom is 0.220 e. The molecule has 0 bridgehead atoms. The van der Waals surface area contributed by atoms with Crippen LogP contribution in [0.5, 0.6) is 0 Å². The van der Waals surface area contributed by atoms with Crippen molar-refractivity contribution < 1.29 is 20.1 Å². The molecule has 0 aliphatic heterocycles. The highest BCUT2D eigenvalue weighted by Crippen LogP contribution is 2.16. The topological polar surface area (TPSA) is 89.8 Å². The van der Waals surface area contributed by atoms with Crippen molar-refractivity contribution in [2.24, 2.45) is 0 Å². The summed E-state index contributed by atoms with van der Waals surface area (Å²) in [7, 11) is 0. The summed E-state index contributed by atoms with van der Waals surface area (Å²) in [5.74, 6) is -0.145. The number of allylic oxidation sites excluding steroid dienone is 4. The summed E-state index contributed by atoms with van der Waals surface area (Å²) < 4.78 is 0. The summed E-state index contributed by atoms with van der Waals surface area (Å²) in [5, 5.41) is 33.4. The minimum absolute atomic E-state index is 0.145. The SMILES string of the molecule is CCCCCCCCCCC/C=C\C/C=C\CCCCCCCCCCCCCCCC(=O)NC(CO)C(O)C(O)CCCCCCCCCCCC. The highest BCUT2D eigenvalue weighted by atomic mass is 16.3. The quantitative estimate of drug-likeness (QED) is 0.0369. The summed E-state index contributed by atoms with van der Waals surface area (Å²) in [6.07, 6.45) is 53.1. The smallest absolute Gasteiger partial charge is 0.220 e. The van der Waals surface area contributed by atoms with Crippen LogP contribution in [-0.4, -0.2) is 46.1 Å². The molecule has 0 aromatic carbocycles. The van der Waals surface area contributed by atoms with E-state index in [1.165, 1.54) is 180 Å². The van der Waals surface area contributed by atoms with Crippen molar-refractivity contribution in [3.8, 4) is 0 Å². The number of unbranched alkanes of at least 4 members (excludes halogenated alkanes) is 31. The van der Waals surface area contributed by atoms with Crippen LogP contribution in [0.2, 0.25) is 0 Å². The minimum atomic E-state index is -1.13. The molecule has 0 aliphatic carbocycles. The molecule has 0 saturated carbocycles. The van der Waals surface area contributed by atoms with Crippen molar-refractivity contribution in [1.82, 2.24) is 5.32 Å². The van der Waals surface area contributed by atoms with Gasteiger partial charge in [0.2, 0.25) is 5.91 Å². The van der Waals surface area contributed by atoms with Crippen LogP contribution in [0, 0.1) is 0 Å². The van der Waals surface area contributed by atoms with E-state index in [4.69, 9.17) is 0 Å². The maximum absolute atomic E-state index is 12.4. The van der Waals surface area contributed by atoms with E-state index in [2.05, 4.69) is 43.5 Å². The molecule has 3 unspecified atom stereocenters. The molecule has 0 aromatic rings. The fourth-order valence-corrected chi connectivity index (χ4v) is 7.37. The molecule has 0 saturated heterocycles. The summed E-state index contributed by atoms with van der Waals surface area (Å²) in [5.41, 5.74) is 0. The minimum Gasteiger partial charge on any atom is -0.394 e. The van der Waals surface area contributed by atoms with Crippen molar-refractivity contribution in [2.75, 3.05) is 6.61 Å². The molecule has 0 fully saturated rings.